The zero-order valence-corrected chi connectivity index (χ0v) is 15.9. The van der Waals surface area contributed by atoms with Crippen LogP contribution in [0.15, 0.2) is 51.7 Å². The first-order chi connectivity index (χ1) is 13.2. The first-order valence-electron chi connectivity index (χ1n) is 8.88. The van der Waals surface area contributed by atoms with Crippen LogP contribution >= 0.6 is 11.3 Å². The second-order valence-electron chi connectivity index (χ2n) is 6.47. The van der Waals surface area contributed by atoms with Gasteiger partial charge in [0.1, 0.15) is 5.56 Å². The van der Waals surface area contributed by atoms with E-state index in [0.29, 0.717) is 50.0 Å². The third-order valence-electron chi connectivity index (χ3n) is 4.58. The molecular weight excluding hydrogens is 362 g/mol. The van der Waals surface area contributed by atoms with Crippen molar-refractivity contribution < 1.29 is 14.1 Å². The number of thiophene rings is 1. The van der Waals surface area contributed by atoms with E-state index in [9.17, 15) is 4.79 Å². The predicted octanol–water partition coefficient (Wildman–Crippen LogP) is 3.51. The Kier molecular flexibility index (Phi) is 5.22. The SMILES string of the molecule is CN(Cc1ccsc1)C(=O)c1c(N2CCOCC2)noc1-c1ccccc1. The number of carbonyl (C=O) groups excluding carboxylic acids is 1. The van der Waals surface area contributed by atoms with E-state index < -0.39 is 0 Å². The number of benzene rings is 1. The summed E-state index contributed by atoms with van der Waals surface area (Å²) in [5, 5.41) is 8.34. The molecule has 3 heterocycles. The molecule has 0 N–H and O–H groups in total. The van der Waals surface area contributed by atoms with Crippen molar-refractivity contribution in [1.29, 1.82) is 0 Å². The molecule has 2 aromatic heterocycles. The summed E-state index contributed by atoms with van der Waals surface area (Å²) in [6.07, 6.45) is 0. The van der Waals surface area contributed by atoms with Crippen molar-refractivity contribution in [2.45, 2.75) is 6.54 Å². The maximum Gasteiger partial charge on any atom is 0.261 e. The lowest BCUT2D eigenvalue weighted by Gasteiger charge is -2.27. The summed E-state index contributed by atoms with van der Waals surface area (Å²) in [5.41, 5.74) is 2.47. The van der Waals surface area contributed by atoms with Gasteiger partial charge in [-0.3, -0.25) is 4.79 Å². The highest BCUT2D eigenvalue weighted by Gasteiger charge is 2.30. The standard InChI is InChI=1S/C20H21N3O3S/c1-22(13-15-7-12-27-14-15)20(24)17-18(16-5-3-2-4-6-16)26-21-19(17)23-8-10-25-11-9-23/h2-7,12,14H,8-11,13H2,1H3. The average Bonchev–Trinajstić information content (AvgIpc) is 3.38. The molecule has 1 aliphatic rings. The van der Waals surface area contributed by atoms with Crippen LogP contribution in [0.5, 0.6) is 0 Å². The Balaban J connectivity index is 1.71. The molecule has 0 radical (unpaired) electrons. The van der Waals surface area contributed by atoms with Crippen molar-refractivity contribution in [1.82, 2.24) is 10.1 Å². The topological polar surface area (TPSA) is 58.8 Å². The quantitative estimate of drug-likeness (QED) is 0.675. The van der Waals surface area contributed by atoms with Gasteiger partial charge in [0.2, 0.25) is 0 Å². The molecule has 1 saturated heterocycles. The van der Waals surface area contributed by atoms with E-state index in [1.165, 1.54) is 0 Å². The number of hydrogen-bond acceptors (Lipinski definition) is 6. The van der Waals surface area contributed by atoms with Gasteiger partial charge in [0.15, 0.2) is 11.6 Å². The molecule has 27 heavy (non-hydrogen) atoms. The molecule has 4 rings (SSSR count). The molecule has 0 saturated carbocycles. The van der Waals surface area contributed by atoms with Gasteiger partial charge in [0.25, 0.3) is 5.91 Å². The molecule has 0 bridgehead atoms. The van der Waals surface area contributed by atoms with E-state index in [4.69, 9.17) is 9.26 Å². The van der Waals surface area contributed by atoms with E-state index in [0.717, 1.165) is 11.1 Å². The summed E-state index contributed by atoms with van der Waals surface area (Å²) in [6.45, 7) is 3.16. The summed E-state index contributed by atoms with van der Waals surface area (Å²) in [5.74, 6) is 1.02. The Labute approximate surface area is 161 Å². The van der Waals surface area contributed by atoms with Gasteiger partial charge in [-0.2, -0.15) is 11.3 Å². The highest BCUT2D eigenvalue weighted by Crippen LogP contribution is 2.33. The zero-order chi connectivity index (χ0) is 18.6. The molecule has 1 amide bonds. The van der Waals surface area contributed by atoms with Crippen molar-refractivity contribution in [3.63, 3.8) is 0 Å². The lowest BCUT2D eigenvalue weighted by molar-refractivity contribution is 0.0785. The second kappa shape index (κ2) is 7.94. The van der Waals surface area contributed by atoms with Crippen LogP contribution in [-0.2, 0) is 11.3 Å². The monoisotopic (exact) mass is 383 g/mol. The van der Waals surface area contributed by atoms with Gasteiger partial charge in [-0.1, -0.05) is 35.5 Å². The van der Waals surface area contributed by atoms with Gasteiger partial charge in [-0.15, -0.1) is 0 Å². The van der Waals surface area contributed by atoms with Crippen LogP contribution in [-0.4, -0.2) is 49.3 Å². The highest BCUT2D eigenvalue weighted by atomic mass is 32.1. The molecule has 3 aromatic rings. The van der Waals surface area contributed by atoms with Gasteiger partial charge in [0.05, 0.1) is 13.2 Å². The fourth-order valence-corrected chi connectivity index (χ4v) is 3.83. The molecule has 6 nitrogen and oxygen atoms in total. The van der Waals surface area contributed by atoms with Crippen LogP contribution in [0.3, 0.4) is 0 Å². The van der Waals surface area contributed by atoms with Crippen LogP contribution in [0.1, 0.15) is 15.9 Å². The summed E-state index contributed by atoms with van der Waals surface area (Å²) in [7, 11) is 1.81. The van der Waals surface area contributed by atoms with Crippen molar-refractivity contribution in [2.75, 3.05) is 38.3 Å². The molecule has 7 heteroatoms. The third-order valence-corrected chi connectivity index (χ3v) is 5.31. The molecule has 0 aliphatic carbocycles. The van der Waals surface area contributed by atoms with Gasteiger partial charge in [-0.05, 0) is 22.4 Å². The Morgan fingerprint density at radius 2 is 2.00 bits per heavy atom. The Morgan fingerprint density at radius 3 is 2.70 bits per heavy atom. The average molecular weight is 383 g/mol. The minimum atomic E-state index is -0.0946. The fourth-order valence-electron chi connectivity index (χ4n) is 3.17. The van der Waals surface area contributed by atoms with Crippen LogP contribution in [0.2, 0.25) is 0 Å². The maximum atomic E-state index is 13.4. The van der Waals surface area contributed by atoms with Crippen molar-refractivity contribution >= 4 is 23.1 Å². The van der Waals surface area contributed by atoms with Gasteiger partial charge in [-0.25, -0.2) is 0 Å². The summed E-state index contributed by atoms with van der Waals surface area (Å²) < 4.78 is 11.1. The normalized spacial score (nSPS) is 14.3. The first kappa shape index (κ1) is 17.8. The molecule has 0 unspecified atom stereocenters. The zero-order valence-electron chi connectivity index (χ0n) is 15.1. The summed E-state index contributed by atoms with van der Waals surface area (Å²) in [6, 6.07) is 11.7. The number of amides is 1. The fraction of sp³-hybridized carbons (Fsp3) is 0.300. The Hall–Kier alpha value is -2.64. The molecule has 1 aromatic carbocycles. The predicted molar refractivity (Wildman–Crippen MR) is 105 cm³/mol. The van der Waals surface area contributed by atoms with Crippen molar-refractivity contribution in [3.05, 3.63) is 58.3 Å². The molecular formula is C20H21N3O3S. The van der Waals surface area contributed by atoms with Crippen LogP contribution in [0.25, 0.3) is 11.3 Å². The summed E-state index contributed by atoms with van der Waals surface area (Å²) in [4.78, 5) is 17.1. The van der Waals surface area contributed by atoms with E-state index >= 15 is 0 Å². The lowest BCUT2D eigenvalue weighted by atomic mass is 10.1. The van der Waals surface area contributed by atoms with E-state index in [-0.39, 0.29) is 5.91 Å². The van der Waals surface area contributed by atoms with Gasteiger partial charge in [0, 0.05) is 32.2 Å². The second-order valence-corrected chi connectivity index (χ2v) is 7.25. The molecule has 0 spiro atoms. The van der Waals surface area contributed by atoms with Crippen LogP contribution in [0, 0.1) is 0 Å². The number of morpholine rings is 1. The number of nitrogens with zero attached hydrogens (tertiary/aromatic N) is 3. The van der Waals surface area contributed by atoms with Crippen molar-refractivity contribution in [2.24, 2.45) is 0 Å². The molecule has 140 valence electrons. The minimum absolute atomic E-state index is 0.0946. The number of aromatic nitrogens is 1. The Bertz CT molecular complexity index is 887. The number of rotatable bonds is 5. The minimum Gasteiger partial charge on any atom is -0.378 e. The van der Waals surface area contributed by atoms with Gasteiger partial charge >= 0.3 is 0 Å². The highest BCUT2D eigenvalue weighted by molar-refractivity contribution is 7.07. The van der Waals surface area contributed by atoms with E-state index in [2.05, 4.69) is 15.4 Å². The van der Waals surface area contributed by atoms with Crippen LogP contribution < -0.4 is 4.90 Å². The molecule has 1 aliphatic heterocycles. The molecule has 1 fully saturated rings. The van der Waals surface area contributed by atoms with E-state index in [1.807, 2.05) is 48.8 Å². The summed E-state index contributed by atoms with van der Waals surface area (Å²) >= 11 is 1.63. The molecule has 0 atom stereocenters. The number of hydrogen-bond donors (Lipinski definition) is 0. The smallest absolute Gasteiger partial charge is 0.261 e. The maximum absolute atomic E-state index is 13.4. The number of ether oxygens (including phenoxy) is 1. The number of carbonyl (C=O) groups is 1. The van der Waals surface area contributed by atoms with E-state index in [1.54, 1.807) is 16.2 Å². The first-order valence-corrected chi connectivity index (χ1v) is 9.82. The van der Waals surface area contributed by atoms with Gasteiger partial charge < -0.3 is 19.1 Å². The van der Waals surface area contributed by atoms with Crippen molar-refractivity contribution in [3.8, 4) is 11.3 Å². The van der Waals surface area contributed by atoms with Crippen LogP contribution in [0.4, 0.5) is 5.82 Å². The number of anilines is 1. The third kappa shape index (κ3) is 3.74. The Morgan fingerprint density at radius 1 is 1.22 bits per heavy atom. The lowest BCUT2D eigenvalue weighted by Crippen LogP contribution is -2.38. The largest absolute Gasteiger partial charge is 0.378 e.